The summed E-state index contributed by atoms with van der Waals surface area (Å²) in [6.07, 6.45) is 3.14. The summed E-state index contributed by atoms with van der Waals surface area (Å²) in [7, 11) is 0. The number of aromatic nitrogens is 1. The molecule has 0 aliphatic heterocycles. The molecule has 0 aliphatic carbocycles. The number of pyridine rings is 1. The summed E-state index contributed by atoms with van der Waals surface area (Å²) in [4.78, 5) is 6.22. The summed E-state index contributed by atoms with van der Waals surface area (Å²) in [5.74, 6) is 0.551. The molecule has 0 amide bonds. The van der Waals surface area contributed by atoms with E-state index in [0.717, 1.165) is 19.6 Å². The molecule has 6 heteroatoms. The molecule has 0 radical (unpaired) electrons. The topological polar surface area (TPSA) is 84.0 Å². The standard InChI is InChI=1S/C12H20N4O2/c1-3-16(4-2)7-8-18-11-9-14-6-5-10(11)12(13)15-17/h5-6,9,17H,3-4,7-8H2,1-2H3,(H2,13,15). The Kier molecular flexibility index (Phi) is 5.93. The first-order valence-corrected chi connectivity index (χ1v) is 6.00. The van der Waals surface area contributed by atoms with Crippen LogP contribution in [0.2, 0.25) is 0 Å². The Hall–Kier alpha value is -1.82. The minimum atomic E-state index is 0.0234. The highest BCUT2D eigenvalue weighted by atomic mass is 16.5. The van der Waals surface area contributed by atoms with Crippen molar-refractivity contribution < 1.29 is 9.94 Å². The summed E-state index contributed by atoms with van der Waals surface area (Å²) >= 11 is 0. The van der Waals surface area contributed by atoms with Crippen LogP contribution in [0.25, 0.3) is 0 Å². The summed E-state index contributed by atoms with van der Waals surface area (Å²) in [6, 6.07) is 1.65. The van der Waals surface area contributed by atoms with Crippen LogP contribution in [-0.2, 0) is 0 Å². The Morgan fingerprint density at radius 2 is 2.22 bits per heavy atom. The van der Waals surface area contributed by atoms with Gasteiger partial charge in [0.05, 0.1) is 11.8 Å². The number of nitrogens with zero attached hydrogens (tertiary/aromatic N) is 3. The number of ether oxygens (including phenoxy) is 1. The van der Waals surface area contributed by atoms with Crippen molar-refractivity contribution in [1.29, 1.82) is 0 Å². The fraction of sp³-hybridized carbons (Fsp3) is 0.500. The molecule has 1 aromatic rings. The molecular weight excluding hydrogens is 232 g/mol. The van der Waals surface area contributed by atoms with Gasteiger partial charge in [-0.15, -0.1) is 0 Å². The molecule has 6 nitrogen and oxygen atoms in total. The molecule has 0 saturated heterocycles. The van der Waals surface area contributed by atoms with Gasteiger partial charge in [0.1, 0.15) is 12.4 Å². The van der Waals surface area contributed by atoms with Gasteiger partial charge < -0.3 is 20.6 Å². The molecule has 100 valence electrons. The van der Waals surface area contributed by atoms with Crippen LogP contribution in [0.4, 0.5) is 0 Å². The minimum absolute atomic E-state index is 0.0234. The van der Waals surface area contributed by atoms with Crippen molar-refractivity contribution in [2.45, 2.75) is 13.8 Å². The maximum Gasteiger partial charge on any atom is 0.173 e. The molecule has 18 heavy (non-hydrogen) atoms. The quantitative estimate of drug-likeness (QED) is 0.326. The molecule has 0 bridgehead atoms. The monoisotopic (exact) mass is 252 g/mol. The highest BCUT2D eigenvalue weighted by molar-refractivity contribution is 5.99. The van der Waals surface area contributed by atoms with Gasteiger partial charge in [-0.3, -0.25) is 4.98 Å². The number of amidine groups is 1. The number of hydrogen-bond acceptors (Lipinski definition) is 5. The predicted octanol–water partition coefficient (Wildman–Crippen LogP) is 0.897. The predicted molar refractivity (Wildman–Crippen MR) is 70.0 cm³/mol. The first-order valence-electron chi connectivity index (χ1n) is 6.00. The lowest BCUT2D eigenvalue weighted by Crippen LogP contribution is -2.28. The number of likely N-dealkylation sites (N-methyl/N-ethyl adjacent to an activating group) is 1. The molecule has 1 rings (SSSR count). The van der Waals surface area contributed by atoms with Crippen LogP contribution in [0.5, 0.6) is 5.75 Å². The third-order valence-corrected chi connectivity index (χ3v) is 2.73. The van der Waals surface area contributed by atoms with Crippen LogP contribution in [0.3, 0.4) is 0 Å². The third kappa shape index (κ3) is 3.89. The number of hydrogen-bond donors (Lipinski definition) is 2. The maximum atomic E-state index is 8.68. The van der Waals surface area contributed by atoms with Gasteiger partial charge in [0, 0.05) is 12.7 Å². The molecule has 0 aliphatic rings. The van der Waals surface area contributed by atoms with E-state index in [0.29, 0.717) is 17.9 Å². The Morgan fingerprint density at radius 1 is 1.50 bits per heavy atom. The van der Waals surface area contributed by atoms with Gasteiger partial charge in [-0.2, -0.15) is 0 Å². The lowest BCUT2D eigenvalue weighted by atomic mass is 10.2. The van der Waals surface area contributed by atoms with Gasteiger partial charge in [-0.25, -0.2) is 0 Å². The molecule has 1 aromatic heterocycles. The largest absolute Gasteiger partial charge is 0.490 e. The van der Waals surface area contributed by atoms with Crippen molar-refractivity contribution in [3.8, 4) is 5.75 Å². The summed E-state index contributed by atoms with van der Waals surface area (Å²) in [5.41, 5.74) is 6.11. The van der Waals surface area contributed by atoms with E-state index < -0.39 is 0 Å². The molecule has 0 fully saturated rings. The van der Waals surface area contributed by atoms with Crippen LogP contribution in [0.1, 0.15) is 19.4 Å². The van der Waals surface area contributed by atoms with Gasteiger partial charge in [-0.05, 0) is 19.2 Å². The summed E-state index contributed by atoms with van der Waals surface area (Å²) < 4.78 is 5.62. The average Bonchev–Trinajstić information content (AvgIpc) is 2.43. The van der Waals surface area contributed by atoms with Crippen molar-refractivity contribution >= 4 is 5.84 Å². The molecule has 0 saturated carbocycles. The number of oxime groups is 1. The first kappa shape index (κ1) is 14.2. The van der Waals surface area contributed by atoms with E-state index in [4.69, 9.17) is 15.7 Å². The SMILES string of the molecule is CCN(CC)CCOc1cnccc1/C(N)=N/O. The van der Waals surface area contributed by atoms with E-state index in [1.54, 1.807) is 18.5 Å². The van der Waals surface area contributed by atoms with Crippen molar-refractivity contribution in [3.63, 3.8) is 0 Å². The second-order valence-electron chi connectivity index (χ2n) is 3.73. The van der Waals surface area contributed by atoms with Crippen LogP contribution in [-0.4, -0.2) is 47.2 Å². The van der Waals surface area contributed by atoms with E-state index >= 15 is 0 Å². The van der Waals surface area contributed by atoms with Crippen LogP contribution in [0.15, 0.2) is 23.6 Å². The highest BCUT2D eigenvalue weighted by Crippen LogP contribution is 2.15. The van der Waals surface area contributed by atoms with Crippen molar-refractivity contribution in [2.75, 3.05) is 26.2 Å². The zero-order chi connectivity index (χ0) is 13.4. The number of rotatable bonds is 7. The molecule has 0 atom stereocenters. The fourth-order valence-corrected chi connectivity index (χ4v) is 1.59. The van der Waals surface area contributed by atoms with E-state index in [1.807, 2.05) is 0 Å². The second-order valence-corrected chi connectivity index (χ2v) is 3.73. The zero-order valence-corrected chi connectivity index (χ0v) is 10.8. The van der Waals surface area contributed by atoms with Gasteiger partial charge in [0.2, 0.25) is 0 Å². The Labute approximate surface area is 107 Å². The summed E-state index contributed by atoms with van der Waals surface area (Å²) in [5, 5.41) is 11.7. The van der Waals surface area contributed by atoms with E-state index in [9.17, 15) is 0 Å². The van der Waals surface area contributed by atoms with Crippen LogP contribution >= 0.6 is 0 Å². The van der Waals surface area contributed by atoms with Gasteiger partial charge in [0.25, 0.3) is 0 Å². The molecule has 3 N–H and O–H groups in total. The average molecular weight is 252 g/mol. The van der Waals surface area contributed by atoms with Gasteiger partial charge in [0.15, 0.2) is 5.84 Å². The first-order chi connectivity index (χ1) is 8.72. The lowest BCUT2D eigenvalue weighted by Gasteiger charge is -2.18. The molecule has 1 heterocycles. The van der Waals surface area contributed by atoms with Crippen molar-refractivity contribution in [3.05, 3.63) is 24.0 Å². The summed E-state index contributed by atoms with van der Waals surface area (Å²) in [6.45, 7) is 7.56. The lowest BCUT2D eigenvalue weighted by molar-refractivity contribution is 0.222. The third-order valence-electron chi connectivity index (χ3n) is 2.73. The van der Waals surface area contributed by atoms with Crippen molar-refractivity contribution in [2.24, 2.45) is 10.9 Å². The van der Waals surface area contributed by atoms with Crippen molar-refractivity contribution in [1.82, 2.24) is 9.88 Å². The highest BCUT2D eigenvalue weighted by Gasteiger charge is 2.08. The molecule has 0 spiro atoms. The maximum absolute atomic E-state index is 8.68. The van der Waals surface area contributed by atoms with Crippen LogP contribution in [0, 0.1) is 0 Å². The van der Waals surface area contributed by atoms with E-state index in [2.05, 4.69) is 28.9 Å². The van der Waals surface area contributed by atoms with Gasteiger partial charge >= 0.3 is 0 Å². The minimum Gasteiger partial charge on any atom is -0.490 e. The Balaban J connectivity index is 2.62. The Morgan fingerprint density at radius 3 is 2.83 bits per heavy atom. The van der Waals surface area contributed by atoms with E-state index in [1.165, 1.54) is 0 Å². The van der Waals surface area contributed by atoms with Gasteiger partial charge in [-0.1, -0.05) is 19.0 Å². The molecule has 0 unspecified atom stereocenters. The normalized spacial score (nSPS) is 11.8. The smallest absolute Gasteiger partial charge is 0.173 e. The Bertz CT molecular complexity index is 391. The molecular formula is C12H20N4O2. The fourth-order valence-electron chi connectivity index (χ4n) is 1.59. The van der Waals surface area contributed by atoms with Crippen LogP contribution < -0.4 is 10.5 Å². The van der Waals surface area contributed by atoms with E-state index in [-0.39, 0.29) is 5.84 Å². The second kappa shape index (κ2) is 7.50. The molecule has 0 aromatic carbocycles. The number of nitrogens with two attached hydrogens (primary N) is 1. The zero-order valence-electron chi connectivity index (χ0n) is 10.8.